The molecule has 0 radical (unpaired) electrons. The van der Waals surface area contributed by atoms with Crippen LogP contribution < -0.4 is 0 Å². The molecule has 0 aliphatic heterocycles. The van der Waals surface area contributed by atoms with Gasteiger partial charge in [-0.3, -0.25) is 0 Å². The molecular weight excluding hydrogens is 1200 g/mol. The summed E-state index contributed by atoms with van der Waals surface area (Å²) in [5.74, 6) is -5.55. The van der Waals surface area contributed by atoms with Gasteiger partial charge in [-0.25, -0.2) is 19.2 Å². The largest absolute Gasteiger partial charge is 0.478 e. The zero-order chi connectivity index (χ0) is 38.3. The van der Waals surface area contributed by atoms with Gasteiger partial charge in [0.2, 0.25) is 0 Å². The summed E-state index contributed by atoms with van der Waals surface area (Å²) in [4.78, 5) is 47.9. The molecule has 0 saturated carbocycles. The van der Waals surface area contributed by atoms with Crippen molar-refractivity contribution in [2.45, 2.75) is 11.8 Å². The summed E-state index contributed by atoms with van der Waals surface area (Å²) in [6.45, 7) is 0. The van der Waals surface area contributed by atoms with Crippen molar-refractivity contribution in [3.8, 4) is 0 Å². The second-order valence-corrected chi connectivity index (χ2v) is 18.0. The molecule has 0 amide bonds. The summed E-state index contributed by atoms with van der Waals surface area (Å²) < 4.78 is 2.73. The molecule has 52 heavy (non-hydrogen) atoms. The summed E-state index contributed by atoms with van der Waals surface area (Å²) in [5, 5.41) is 39.2. The standard InChI is InChI=1S/C36H18Br8O8/c37-19-5-15(6-20(38)29(19)33(45)46)27(16-7-21(39)30(34(47)48)22(40)8-16)13-1-2-14(4-3-13)28(17-9-23(41)31(35(49)50)24(42)10-17)18-11-25(43)32(36(51)52)26(44)12-18/h1-12,27-28H,(H,45,46)(H,47,48)(H,49,50)(H,51,52). The van der Waals surface area contributed by atoms with Gasteiger partial charge in [-0.2, -0.15) is 0 Å². The maximum absolute atomic E-state index is 12.0. The predicted octanol–water partition coefficient (Wildman–Crippen LogP) is 12.9. The highest BCUT2D eigenvalue weighted by Crippen LogP contribution is 2.43. The highest BCUT2D eigenvalue weighted by molar-refractivity contribution is 9.12. The molecule has 4 N–H and O–H groups in total. The maximum atomic E-state index is 12.0. The van der Waals surface area contributed by atoms with Crippen LogP contribution in [0.4, 0.5) is 0 Å². The van der Waals surface area contributed by atoms with Crippen LogP contribution in [0.15, 0.2) is 109 Å². The third-order valence-corrected chi connectivity index (χ3v) is 13.1. The lowest BCUT2D eigenvalue weighted by Gasteiger charge is -2.24. The van der Waals surface area contributed by atoms with Gasteiger partial charge in [-0.15, -0.1) is 0 Å². The van der Waals surface area contributed by atoms with Gasteiger partial charge in [0.1, 0.15) is 0 Å². The molecule has 0 saturated heterocycles. The van der Waals surface area contributed by atoms with Gasteiger partial charge in [0.15, 0.2) is 0 Å². The van der Waals surface area contributed by atoms with Crippen LogP contribution in [0.5, 0.6) is 0 Å². The molecule has 16 heteroatoms. The van der Waals surface area contributed by atoms with E-state index in [9.17, 15) is 39.6 Å². The Bertz CT molecular complexity index is 1930. The van der Waals surface area contributed by atoms with E-state index in [0.717, 1.165) is 11.1 Å². The fourth-order valence-electron chi connectivity index (χ4n) is 5.89. The quantitative estimate of drug-likeness (QED) is 0.101. The summed E-state index contributed by atoms with van der Waals surface area (Å²) in [7, 11) is 0. The van der Waals surface area contributed by atoms with Crippen molar-refractivity contribution in [2.24, 2.45) is 0 Å². The highest BCUT2D eigenvalue weighted by Gasteiger charge is 2.27. The van der Waals surface area contributed by atoms with Crippen LogP contribution in [0.3, 0.4) is 0 Å². The number of carboxylic acids is 4. The molecule has 5 aromatic carbocycles. The Hall–Kier alpha value is -2.18. The lowest BCUT2D eigenvalue weighted by molar-refractivity contribution is 0.0684. The maximum Gasteiger partial charge on any atom is 0.337 e. The average molecular weight is 1220 g/mol. The van der Waals surface area contributed by atoms with Crippen molar-refractivity contribution < 1.29 is 39.6 Å². The normalized spacial score (nSPS) is 11.3. The molecule has 0 unspecified atom stereocenters. The van der Waals surface area contributed by atoms with Gasteiger partial charge in [-0.1, -0.05) is 24.3 Å². The number of aromatic carboxylic acids is 4. The second kappa shape index (κ2) is 16.7. The summed E-state index contributed by atoms with van der Waals surface area (Å²) in [6.07, 6.45) is 0. The van der Waals surface area contributed by atoms with Crippen LogP contribution in [0.25, 0.3) is 0 Å². The SMILES string of the molecule is O=C(O)c1c(Br)cc(C(c2ccc(C(c3cc(Br)c(C(=O)O)c(Br)c3)c3cc(Br)c(C(=O)O)c(Br)c3)cc2)c2cc(Br)c(C(=O)O)c(Br)c2)cc1Br. The van der Waals surface area contributed by atoms with Crippen molar-refractivity contribution in [3.63, 3.8) is 0 Å². The minimum absolute atomic E-state index is 0.0433. The van der Waals surface area contributed by atoms with Crippen LogP contribution in [0.1, 0.15) is 86.6 Å². The van der Waals surface area contributed by atoms with Crippen molar-refractivity contribution >= 4 is 151 Å². The Morgan fingerprint density at radius 3 is 0.615 bits per heavy atom. The fourth-order valence-corrected chi connectivity index (χ4v) is 12.1. The van der Waals surface area contributed by atoms with E-state index in [2.05, 4.69) is 127 Å². The summed E-state index contributed by atoms with van der Waals surface area (Å²) in [6, 6.07) is 21.3. The molecule has 0 aliphatic rings. The average Bonchev–Trinajstić information content (AvgIpc) is 3.00. The molecule has 0 bridgehead atoms. The third kappa shape index (κ3) is 8.38. The van der Waals surface area contributed by atoms with Crippen LogP contribution in [0.2, 0.25) is 0 Å². The third-order valence-electron chi connectivity index (χ3n) is 8.05. The first kappa shape index (κ1) is 41.0. The number of carbonyl (C=O) groups is 4. The molecule has 0 spiro atoms. The zero-order valence-corrected chi connectivity index (χ0v) is 38.2. The molecule has 266 valence electrons. The van der Waals surface area contributed by atoms with E-state index in [-0.39, 0.29) is 22.3 Å². The first-order chi connectivity index (χ1) is 24.4. The van der Waals surface area contributed by atoms with Gasteiger partial charge in [0.25, 0.3) is 0 Å². The monoisotopic (exact) mass is 1210 g/mol. The van der Waals surface area contributed by atoms with Crippen molar-refractivity contribution in [1.29, 1.82) is 0 Å². The molecule has 8 nitrogen and oxygen atoms in total. The number of benzene rings is 5. The summed E-state index contributed by atoms with van der Waals surface area (Å²) in [5.41, 5.74) is 4.52. The van der Waals surface area contributed by atoms with Gasteiger partial charge in [-0.05, 0) is 209 Å². The second-order valence-electron chi connectivity index (χ2n) is 11.2. The number of carboxylic acid groups (broad SMARTS) is 4. The van der Waals surface area contributed by atoms with Crippen LogP contribution >= 0.6 is 127 Å². The molecule has 0 fully saturated rings. The Morgan fingerprint density at radius 2 is 0.481 bits per heavy atom. The Labute approximate surface area is 363 Å². The molecule has 5 aromatic rings. The van der Waals surface area contributed by atoms with E-state index in [0.29, 0.717) is 58.0 Å². The molecule has 0 atom stereocenters. The van der Waals surface area contributed by atoms with E-state index < -0.39 is 35.7 Å². The van der Waals surface area contributed by atoms with E-state index in [1.54, 1.807) is 48.5 Å². The topological polar surface area (TPSA) is 149 Å². The zero-order valence-electron chi connectivity index (χ0n) is 25.5. The van der Waals surface area contributed by atoms with E-state index in [4.69, 9.17) is 0 Å². The number of hydrogen-bond donors (Lipinski definition) is 4. The van der Waals surface area contributed by atoms with Crippen LogP contribution in [-0.2, 0) is 0 Å². The molecule has 0 aromatic heterocycles. The number of halogens is 8. The van der Waals surface area contributed by atoms with Crippen LogP contribution in [0, 0.1) is 0 Å². The van der Waals surface area contributed by atoms with Crippen molar-refractivity contribution in [3.05, 3.63) is 164 Å². The van der Waals surface area contributed by atoms with E-state index in [1.807, 2.05) is 24.3 Å². The predicted molar refractivity (Wildman–Crippen MR) is 224 cm³/mol. The minimum atomic E-state index is -1.13. The summed E-state index contributed by atoms with van der Waals surface area (Å²) >= 11 is 27.3. The Kier molecular flexibility index (Phi) is 13.1. The van der Waals surface area contributed by atoms with Gasteiger partial charge in [0, 0.05) is 47.6 Å². The van der Waals surface area contributed by atoms with Gasteiger partial charge < -0.3 is 20.4 Å². The molecule has 0 aliphatic carbocycles. The number of hydrogen-bond acceptors (Lipinski definition) is 4. The molecular formula is C36H18Br8O8. The van der Waals surface area contributed by atoms with Crippen LogP contribution in [-0.4, -0.2) is 44.3 Å². The Balaban J connectivity index is 1.74. The number of rotatable bonds is 10. The van der Waals surface area contributed by atoms with E-state index >= 15 is 0 Å². The van der Waals surface area contributed by atoms with Gasteiger partial charge in [0.05, 0.1) is 22.3 Å². The first-order valence-corrected chi connectivity index (χ1v) is 20.7. The fraction of sp³-hybridized carbons (Fsp3) is 0.0556. The molecule has 5 rings (SSSR count). The lowest BCUT2D eigenvalue weighted by Crippen LogP contribution is -2.10. The Morgan fingerprint density at radius 1 is 0.327 bits per heavy atom. The smallest absolute Gasteiger partial charge is 0.337 e. The van der Waals surface area contributed by atoms with Crippen molar-refractivity contribution in [2.75, 3.05) is 0 Å². The minimum Gasteiger partial charge on any atom is -0.478 e. The highest BCUT2D eigenvalue weighted by atomic mass is 79.9. The van der Waals surface area contributed by atoms with Crippen molar-refractivity contribution in [1.82, 2.24) is 0 Å². The van der Waals surface area contributed by atoms with E-state index in [1.165, 1.54) is 0 Å². The lowest BCUT2D eigenvalue weighted by atomic mass is 9.81. The first-order valence-electron chi connectivity index (χ1n) is 14.4. The van der Waals surface area contributed by atoms with Gasteiger partial charge >= 0.3 is 23.9 Å². The molecule has 0 heterocycles.